The van der Waals surface area contributed by atoms with Gasteiger partial charge in [-0.3, -0.25) is 4.79 Å². The van der Waals surface area contributed by atoms with Crippen molar-refractivity contribution in [1.82, 2.24) is 5.32 Å². The minimum absolute atomic E-state index is 0.142. The Morgan fingerprint density at radius 3 is 2.50 bits per heavy atom. The van der Waals surface area contributed by atoms with E-state index in [0.717, 1.165) is 30.6 Å². The molecule has 158 valence electrons. The summed E-state index contributed by atoms with van der Waals surface area (Å²) in [6.07, 6.45) is 4.76. The minimum Gasteiger partial charge on any atom is -0.313 e. The molecule has 0 amide bonds. The molecule has 0 saturated heterocycles. The monoisotopic (exact) mass is 401 g/mol. The first-order valence-corrected chi connectivity index (χ1v) is 11.3. The molecule has 3 aromatic carbocycles. The number of hydrogen-bond acceptors (Lipinski definition) is 2. The van der Waals surface area contributed by atoms with Gasteiger partial charge in [-0.2, -0.15) is 0 Å². The first-order valence-electron chi connectivity index (χ1n) is 11.3. The second-order valence-electron chi connectivity index (χ2n) is 8.75. The molecule has 0 aliphatic heterocycles. The number of fused-ring (bicyclic) bond motifs is 1. The molecule has 2 heteroatoms. The predicted octanol–water partition coefficient (Wildman–Crippen LogP) is 6.98. The molecule has 0 aromatic heterocycles. The second-order valence-corrected chi connectivity index (χ2v) is 8.75. The van der Waals surface area contributed by atoms with Crippen molar-refractivity contribution in [1.29, 1.82) is 0 Å². The average Bonchev–Trinajstić information content (AvgIpc) is 2.73. The Balaban J connectivity index is 1.44. The molecular formula is C28H35NO. The first kappa shape index (κ1) is 22.2. The van der Waals surface area contributed by atoms with Crippen molar-refractivity contribution in [3.05, 3.63) is 82.4 Å². The van der Waals surface area contributed by atoms with Crippen molar-refractivity contribution in [2.45, 2.75) is 65.8 Å². The van der Waals surface area contributed by atoms with Gasteiger partial charge in [0.25, 0.3) is 0 Å². The molecule has 3 aromatic rings. The van der Waals surface area contributed by atoms with Crippen LogP contribution < -0.4 is 5.32 Å². The Morgan fingerprint density at radius 2 is 1.73 bits per heavy atom. The number of Topliss-reactive ketones (excluding diaryl/α,β-unsaturated/α-hetero) is 1. The van der Waals surface area contributed by atoms with Crippen LogP contribution in [0.1, 0.15) is 78.6 Å². The maximum Gasteiger partial charge on any atom is 0.160 e. The van der Waals surface area contributed by atoms with E-state index in [9.17, 15) is 4.79 Å². The summed E-state index contributed by atoms with van der Waals surface area (Å²) in [4.78, 5) is 11.7. The molecule has 0 heterocycles. The van der Waals surface area contributed by atoms with Gasteiger partial charge >= 0.3 is 0 Å². The van der Waals surface area contributed by atoms with Crippen LogP contribution in [0.4, 0.5) is 0 Å². The van der Waals surface area contributed by atoms with E-state index in [-0.39, 0.29) is 5.78 Å². The zero-order chi connectivity index (χ0) is 21.5. The predicted molar refractivity (Wildman–Crippen MR) is 128 cm³/mol. The topological polar surface area (TPSA) is 29.1 Å². The standard InChI is InChI=1S/C28H35NO/c1-20(2)27-17-23(16-25-11-7-8-12-26(25)27)10-6-5-9-15-29-19-24-14-13-21(3)28(18-24)22(4)30/h7-8,11-14,16-18,20,29H,5-6,9-10,15,19H2,1-4H3. The molecular weight excluding hydrogens is 366 g/mol. The number of rotatable bonds is 10. The Kier molecular flexibility index (Phi) is 7.81. The van der Waals surface area contributed by atoms with Gasteiger partial charge in [0.05, 0.1) is 0 Å². The van der Waals surface area contributed by atoms with Gasteiger partial charge in [-0.1, -0.05) is 68.8 Å². The summed E-state index contributed by atoms with van der Waals surface area (Å²) >= 11 is 0. The Bertz CT molecular complexity index is 1000. The molecule has 30 heavy (non-hydrogen) atoms. The fourth-order valence-corrected chi connectivity index (χ4v) is 4.17. The second kappa shape index (κ2) is 10.5. The van der Waals surface area contributed by atoms with E-state index >= 15 is 0 Å². The quantitative estimate of drug-likeness (QED) is 0.293. The van der Waals surface area contributed by atoms with Crippen molar-refractivity contribution in [3.63, 3.8) is 0 Å². The first-order chi connectivity index (χ1) is 14.5. The smallest absolute Gasteiger partial charge is 0.160 e. The van der Waals surface area contributed by atoms with Crippen LogP contribution >= 0.6 is 0 Å². The number of aryl methyl sites for hydroxylation is 2. The number of carbonyl (C=O) groups is 1. The van der Waals surface area contributed by atoms with E-state index in [1.165, 1.54) is 46.7 Å². The van der Waals surface area contributed by atoms with Gasteiger partial charge in [0, 0.05) is 12.1 Å². The number of ketones is 1. The highest BCUT2D eigenvalue weighted by atomic mass is 16.1. The maximum atomic E-state index is 11.7. The summed E-state index contributed by atoms with van der Waals surface area (Å²) in [5, 5.41) is 6.28. The molecule has 0 atom stereocenters. The zero-order valence-corrected chi connectivity index (χ0v) is 18.9. The van der Waals surface area contributed by atoms with E-state index in [1.807, 2.05) is 19.1 Å². The SMILES string of the molecule is CC(=O)c1cc(CNCCCCCc2cc(C(C)C)c3ccccc3c2)ccc1C. The lowest BCUT2D eigenvalue weighted by molar-refractivity contribution is 0.101. The highest BCUT2D eigenvalue weighted by Crippen LogP contribution is 2.27. The zero-order valence-electron chi connectivity index (χ0n) is 18.9. The molecule has 0 saturated carbocycles. The normalized spacial score (nSPS) is 11.4. The number of nitrogens with one attached hydrogen (secondary N) is 1. The summed E-state index contributed by atoms with van der Waals surface area (Å²) in [6.45, 7) is 10.0. The number of benzene rings is 3. The van der Waals surface area contributed by atoms with Crippen LogP contribution in [0.2, 0.25) is 0 Å². The average molecular weight is 402 g/mol. The Labute approximate surface area is 181 Å². The van der Waals surface area contributed by atoms with Crippen LogP contribution in [0, 0.1) is 6.92 Å². The van der Waals surface area contributed by atoms with Crippen LogP contribution in [0.25, 0.3) is 10.8 Å². The highest BCUT2D eigenvalue weighted by molar-refractivity contribution is 5.95. The third kappa shape index (κ3) is 5.79. The largest absolute Gasteiger partial charge is 0.313 e. The van der Waals surface area contributed by atoms with Gasteiger partial charge < -0.3 is 5.32 Å². The number of unbranched alkanes of at least 4 members (excludes halogenated alkanes) is 2. The van der Waals surface area contributed by atoms with Gasteiger partial charge in [-0.15, -0.1) is 0 Å². The number of hydrogen-bond donors (Lipinski definition) is 1. The van der Waals surface area contributed by atoms with Crippen molar-refractivity contribution in [2.75, 3.05) is 6.54 Å². The molecule has 0 aliphatic carbocycles. The lowest BCUT2D eigenvalue weighted by Gasteiger charge is -2.13. The molecule has 3 rings (SSSR count). The summed E-state index contributed by atoms with van der Waals surface area (Å²) in [6, 6.07) is 19.7. The lowest BCUT2D eigenvalue weighted by Crippen LogP contribution is -2.15. The van der Waals surface area contributed by atoms with Gasteiger partial charge in [-0.25, -0.2) is 0 Å². The van der Waals surface area contributed by atoms with E-state index < -0.39 is 0 Å². The molecule has 0 unspecified atom stereocenters. The van der Waals surface area contributed by atoms with Crippen LogP contribution in [0.3, 0.4) is 0 Å². The molecule has 0 bridgehead atoms. The highest BCUT2D eigenvalue weighted by Gasteiger charge is 2.08. The third-order valence-corrected chi connectivity index (χ3v) is 5.91. The molecule has 0 radical (unpaired) electrons. The summed E-state index contributed by atoms with van der Waals surface area (Å²) in [7, 11) is 0. The Hall–Kier alpha value is -2.45. The van der Waals surface area contributed by atoms with E-state index in [0.29, 0.717) is 5.92 Å². The third-order valence-electron chi connectivity index (χ3n) is 5.91. The molecule has 2 nitrogen and oxygen atoms in total. The fraction of sp³-hybridized carbons (Fsp3) is 0.393. The molecule has 1 N–H and O–H groups in total. The van der Waals surface area contributed by atoms with Crippen molar-refractivity contribution < 1.29 is 4.79 Å². The molecule has 0 fully saturated rings. The number of carbonyl (C=O) groups excluding carboxylic acids is 1. The fourth-order valence-electron chi connectivity index (χ4n) is 4.17. The summed E-state index contributed by atoms with van der Waals surface area (Å²) in [5.74, 6) is 0.688. The summed E-state index contributed by atoms with van der Waals surface area (Å²) < 4.78 is 0. The van der Waals surface area contributed by atoms with Gasteiger partial charge in [0.2, 0.25) is 0 Å². The van der Waals surface area contributed by atoms with E-state index in [2.05, 4.69) is 61.6 Å². The van der Waals surface area contributed by atoms with E-state index in [4.69, 9.17) is 0 Å². The van der Waals surface area contributed by atoms with Crippen LogP contribution in [0.15, 0.2) is 54.6 Å². The van der Waals surface area contributed by atoms with Gasteiger partial charge in [-0.05, 0) is 84.7 Å². The maximum absolute atomic E-state index is 11.7. The van der Waals surface area contributed by atoms with E-state index in [1.54, 1.807) is 6.92 Å². The molecule has 0 spiro atoms. The van der Waals surface area contributed by atoms with Crippen LogP contribution in [-0.4, -0.2) is 12.3 Å². The van der Waals surface area contributed by atoms with Crippen LogP contribution in [0.5, 0.6) is 0 Å². The van der Waals surface area contributed by atoms with Crippen molar-refractivity contribution >= 4 is 16.6 Å². The molecule has 0 aliphatic rings. The van der Waals surface area contributed by atoms with Crippen molar-refractivity contribution in [2.24, 2.45) is 0 Å². The minimum atomic E-state index is 0.142. The van der Waals surface area contributed by atoms with Crippen LogP contribution in [-0.2, 0) is 13.0 Å². The van der Waals surface area contributed by atoms with Gasteiger partial charge in [0.1, 0.15) is 0 Å². The van der Waals surface area contributed by atoms with Gasteiger partial charge in [0.15, 0.2) is 5.78 Å². The van der Waals surface area contributed by atoms with Crippen molar-refractivity contribution in [3.8, 4) is 0 Å². The lowest BCUT2D eigenvalue weighted by atomic mass is 9.92. The summed E-state index contributed by atoms with van der Waals surface area (Å²) in [5.41, 5.74) is 6.00. The Morgan fingerprint density at radius 1 is 0.933 bits per heavy atom.